The van der Waals surface area contributed by atoms with Gasteiger partial charge in [-0.1, -0.05) is 24.3 Å². The molecule has 0 unspecified atom stereocenters. The molecule has 0 saturated heterocycles. The molecule has 0 atom stereocenters. The van der Waals surface area contributed by atoms with Gasteiger partial charge in [0.2, 0.25) is 0 Å². The van der Waals surface area contributed by atoms with E-state index in [2.05, 4.69) is 10.6 Å². The molecule has 25 heavy (non-hydrogen) atoms. The van der Waals surface area contributed by atoms with Crippen LogP contribution in [0.2, 0.25) is 0 Å². The Hall–Kier alpha value is -2.70. The van der Waals surface area contributed by atoms with Gasteiger partial charge in [-0.15, -0.1) is 0 Å². The third kappa shape index (κ3) is 3.14. The van der Waals surface area contributed by atoms with Crippen LogP contribution in [0.25, 0.3) is 0 Å². The number of ketones is 2. The van der Waals surface area contributed by atoms with Gasteiger partial charge in [-0.2, -0.15) is 0 Å². The van der Waals surface area contributed by atoms with Crippen molar-refractivity contribution in [2.45, 2.75) is 6.42 Å². The topological polar surface area (TPSA) is 98.7 Å². The highest BCUT2D eigenvalue weighted by Crippen LogP contribution is 2.36. The summed E-state index contributed by atoms with van der Waals surface area (Å²) in [6.07, 6.45) is 0.540. The number of hydrogen-bond acceptors (Lipinski definition) is 6. The number of benzene rings is 2. The molecule has 1 aliphatic carbocycles. The first-order valence-electron chi connectivity index (χ1n) is 8.24. The third-order valence-corrected chi connectivity index (χ3v) is 4.15. The summed E-state index contributed by atoms with van der Waals surface area (Å²) < 4.78 is 0. The number of rotatable bonds is 7. The fourth-order valence-corrected chi connectivity index (χ4v) is 3.01. The van der Waals surface area contributed by atoms with Crippen molar-refractivity contribution in [3.63, 3.8) is 0 Å². The molecule has 0 bridgehead atoms. The molecule has 0 amide bonds. The molecule has 0 heterocycles. The summed E-state index contributed by atoms with van der Waals surface area (Å²) in [5, 5.41) is 24.1. The summed E-state index contributed by atoms with van der Waals surface area (Å²) >= 11 is 0. The lowest BCUT2D eigenvalue weighted by atomic mass is 9.82. The highest BCUT2D eigenvalue weighted by atomic mass is 16.3. The van der Waals surface area contributed by atoms with Gasteiger partial charge >= 0.3 is 0 Å². The lowest BCUT2D eigenvalue weighted by molar-refractivity contribution is 0.0980. The van der Waals surface area contributed by atoms with Crippen molar-refractivity contribution < 1.29 is 19.8 Å². The van der Waals surface area contributed by atoms with Crippen LogP contribution in [0.5, 0.6) is 0 Å². The molecule has 0 radical (unpaired) electrons. The van der Waals surface area contributed by atoms with E-state index in [9.17, 15) is 9.59 Å². The predicted octanol–water partition coefficient (Wildman–Crippen LogP) is 1.66. The third-order valence-electron chi connectivity index (χ3n) is 4.15. The van der Waals surface area contributed by atoms with Crippen LogP contribution in [0.1, 0.15) is 38.3 Å². The van der Waals surface area contributed by atoms with Gasteiger partial charge in [-0.25, -0.2) is 0 Å². The summed E-state index contributed by atoms with van der Waals surface area (Å²) in [5.74, 6) is -0.416. The molecule has 2 aromatic rings. The molecule has 0 aliphatic heterocycles. The van der Waals surface area contributed by atoms with Gasteiger partial charge < -0.3 is 20.8 Å². The van der Waals surface area contributed by atoms with Crippen LogP contribution < -0.4 is 10.6 Å². The van der Waals surface area contributed by atoms with Crippen LogP contribution >= 0.6 is 0 Å². The van der Waals surface area contributed by atoms with E-state index in [1.165, 1.54) is 0 Å². The molecular formula is C19H20N2O4. The van der Waals surface area contributed by atoms with Crippen LogP contribution in [-0.4, -0.2) is 48.1 Å². The van der Waals surface area contributed by atoms with Crippen LogP contribution in [0.15, 0.2) is 36.4 Å². The number of hydrogen-bond donors (Lipinski definition) is 4. The van der Waals surface area contributed by atoms with Crippen molar-refractivity contribution in [2.24, 2.45) is 0 Å². The minimum atomic E-state index is -0.212. The highest BCUT2D eigenvalue weighted by Gasteiger charge is 2.33. The van der Waals surface area contributed by atoms with E-state index in [1.54, 1.807) is 36.4 Å². The molecule has 0 spiro atoms. The summed E-state index contributed by atoms with van der Waals surface area (Å²) in [4.78, 5) is 26.0. The maximum atomic E-state index is 13.0. The Balaban J connectivity index is 2.12. The summed E-state index contributed by atoms with van der Waals surface area (Å²) in [6.45, 7) is 0.743. The number of carbonyl (C=O) groups excluding carboxylic acids is 2. The second kappa shape index (κ2) is 7.46. The molecule has 0 fully saturated rings. The minimum absolute atomic E-state index is 0.0427. The molecule has 6 heteroatoms. The Bertz CT molecular complexity index is 817. The van der Waals surface area contributed by atoms with E-state index in [0.29, 0.717) is 46.6 Å². The van der Waals surface area contributed by atoms with Crippen LogP contribution in [0, 0.1) is 0 Å². The number of fused-ring (bicyclic) bond motifs is 2. The number of nitrogens with one attached hydrogen (secondary N) is 2. The number of carbonyl (C=O) groups is 2. The number of anilines is 2. The summed E-state index contributed by atoms with van der Waals surface area (Å²) in [7, 11) is 0. The largest absolute Gasteiger partial charge is 0.396 e. The van der Waals surface area contributed by atoms with Crippen LogP contribution in [0.4, 0.5) is 11.4 Å². The molecule has 130 valence electrons. The first-order valence-corrected chi connectivity index (χ1v) is 8.24. The van der Waals surface area contributed by atoms with E-state index in [1.807, 2.05) is 0 Å². The highest BCUT2D eigenvalue weighted by molar-refractivity contribution is 6.31. The van der Waals surface area contributed by atoms with Crippen molar-refractivity contribution in [1.82, 2.24) is 0 Å². The molecule has 2 aromatic carbocycles. The van der Waals surface area contributed by atoms with E-state index < -0.39 is 0 Å². The monoisotopic (exact) mass is 340 g/mol. The van der Waals surface area contributed by atoms with Crippen molar-refractivity contribution in [3.05, 3.63) is 58.7 Å². The average molecular weight is 340 g/mol. The molecule has 6 nitrogen and oxygen atoms in total. The van der Waals surface area contributed by atoms with Crippen LogP contribution in [0.3, 0.4) is 0 Å². The minimum Gasteiger partial charge on any atom is -0.396 e. The zero-order valence-corrected chi connectivity index (χ0v) is 13.7. The zero-order valence-electron chi connectivity index (χ0n) is 13.7. The smallest absolute Gasteiger partial charge is 0.196 e. The van der Waals surface area contributed by atoms with Gasteiger partial charge in [0.15, 0.2) is 11.6 Å². The molecule has 3 rings (SSSR count). The standard InChI is InChI=1S/C19H20N2O4/c22-10-3-8-20-14-6-7-15(21-9-11-23)17-16(14)18(24)12-4-1-2-5-13(12)19(17)25/h1-2,4-7,20-23H,3,8-11H2. The number of aliphatic hydroxyl groups excluding tert-OH is 2. The normalized spacial score (nSPS) is 12.6. The predicted molar refractivity (Wildman–Crippen MR) is 95.5 cm³/mol. The van der Waals surface area contributed by atoms with E-state index in [0.717, 1.165) is 0 Å². The Labute approximate surface area is 145 Å². The SMILES string of the molecule is O=C1c2ccccc2C(=O)c2c(NCCCO)ccc(NCCO)c21. The quantitative estimate of drug-likeness (QED) is 0.488. The van der Waals surface area contributed by atoms with Crippen molar-refractivity contribution in [1.29, 1.82) is 0 Å². The Morgan fingerprint density at radius 2 is 1.24 bits per heavy atom. The van der Waals surface area contributed by atoms with Gasteiger partial charge in [0.25, 0.3) is 0 Å². The lowest BCUT2D eigenvalue weighted by Crippen LogP contribution is -2.25. The van der Waals surface area contributed by atoms with Gasteiger partial charge in [0.1, 0.15) is 0 Å². The maximum absolute atomic E-state index is 13.0. The maximum Gasteiger partial charge on any atom is 0.196 e. The Morgan fingerprint density at radius 1 is 0.720 bits per heavy atom. The first kappa shape index (κ1) is 17.1. The second-order valence-electron chi connectivity index (χ2n) is 5.77. The van der Waals surface area contributed by atoms with Gasteiger partial charge in [-0.3, -0.25) is 9.59 Å². The Kier molecular flexibility index (Phi) is 5.11. The van der Waals surface area contributed by atoms with Crippen molar-refractivity contribution in [2.75, 3.05) is 36.9 Å². The zero-order chi connectivity index (χ0) is 17.8. The molecule has 1 aliphatic rings. The molecule has 0 aromatic heterocycles. The van der Waals surface area contributed by atoms with Gasteiger partial charge in [0.05, 0.1) is 17.7 Å². The molecule has 0 saturated carbocycles. The summed E-state index contributed by atoms with van der Waals surface area (Å²) in [5.41, 5.74) is 2.55. The van der Waals surface area contributed by atoms with Gasteiger partial charge in [0, 0.05) is 42.2 Å². The average Bonchev–Trinajstić information content (AvgIpc) is 2.64. The van der Waals surface area contributed by atoms with Crippen molar-refractivity contribution >= 4 is 22.9 Å². The molecule has 4 N–H and O–H groups in total. The fourth-order valence-electron chi connectivity index (χ4n) is 3.01. The number of aliphatic hydroxyl groups is 2. The van der Waals surface area contributed by atoms with E-state index >= 15 is 0 Å². The lowest BCUT2D eigenvalue weighted by Gasteiger charge is -2.23. The second-order valence-corrected chi connectivity index (χ2v) is 5.77. The van der Waals surface area contributed by atoms with Crippen molar-refractivity contribution in [3.8, 4) is 0 Å². The first-order chi connectivity index (χ1) is 12.2. The van der Waals surface area contributed by atoms with E-state index in [-0.39, 0.29) is 31.3 Å². The van der Waals surface area contributed by atoms with Crippen LogP contribution in [-0.2, 0) is 0 Å². The van der Waals surface area contributed by atoms with Gasteiger partial charge in [-0.05, 0) is 18.6 Å². The Morgan fingerprint density at radius 3 is 1.72 bits per heavy atom. The van der Waals surface area contributed by atoms with E-state index in [4.69, 9.17) is 10.2 Å². The fraction of sp³-hybridized carbons (Fsp3) is 0.263. The molecular weight excluding hydrogens is 320 g/mol. The summed E-state index contributed by atoms with van der Waals surface area (Å²) in [6, 6.07) is 10.3.